The van der Waals surface area contributed by atoms with Crippen LogP contribution < -0.4 is 24.8 Å². The lowest BCUT2D eigenvalue weighted by molar-refractivity contribution is -0.659. The van der Waals surface area contributed by atoms with Crippen molar-refractivity contribution in [3.05, 3.63) is 65.1 Å². The lowest BCUT2D eigenvalue weighted by Gasteiger charge is -2.34. The number of rotatable bonds is 7. The number of carbonyl (C=O) groups is 1. The van der Waals surface area contributed by atoms with Crippen LogP contribution in [0.5, 0.6) is 5.75 Å². The van der Waals surface area contributed by atoms with E-state index >= 15 is 0 Å². The number of carbonyl (C=O) groups excluding carboxylic acids is 1. The summed E-state index contributed by atoms with van der Waals surface area (Å²) in [4.78, 5) is 15.7. The first-order valence-electron chi connectivity index (χ1n) is 13.7. The molecule has 0 aliphatic carbocycles. The van der Waals surface area contributed by atoms with Crippen LogP contribution in [0.15, 0.2) is 42.7 Å². The van der Waals surface area contributed by atoms with Crippen molar-refractivity contribution in [3.63, 3.8) is 0 Å². The molecule has 0 saturated heterocycles. The normalized spacial score (nSPS) is 15.7. The molecule has 1 atom stereocenters. The molecule has 1 amide bonds. The van der Waals surface area contributed by atoms with Crippen LogP contribution in [0.2, 0.25) is 0 Å². The van der Waals surface area contributed by atoms with E-state index in [1.54, 1.807) is 28.9 Å². The van der Waals surface area contributed by atoms with Crippen molar-refractivity contribution in [1.82, 2.24) is 20.5 Å². The van der Waals surface area contributed by atoms with Gasteiger partial charge in [0.25, 0.3) is 11.6 Å². The Morgan fingerprint density at radius 3 is 2.33 bits per heavy atom. The fourth-order valence-corrected chi connectivity index (χ4v) is 5.54. The summed E-state index contributed by atoms with van der Waals surface area (Å²) in [5.41, 5.74) is 4.97. The summed E-state index contributed by atoms with van der Waals surface area (Å²) in [6.07, 6.45) is 5.08. The number of nitrogens with one attached hydrogen (secondary N) is 4. The van der Waals surface area contributed by atoms with E-state index in [4.69, 9.17) is 4.74 Å². The maximum absolute atomic E-state index is 13.6. The number of amides is 1. The predicted molar refractivity (Wildman–Crippen MR) is 165 cm³/mol. The van der Waals surface area contributed by atoms with Crippen LogP contribution in [0.1, 0.15) is 68.7 Å². The van der Waals surface area contributed by atoms with Gasteiger partial charge in [0.05, 0.1) is 24.7 Å². The summed E-state index contributed by atoms with van der Waals surface area (Å²) in [5, 5.41) is 14.0. The number of aryl methyl sites for hydroxylation is 1. The van der Waals surface area contributed by atoms with Crippen molar-refractivity contribution in [3.8, 4) is 11.4 Å². The molecular formula is C30H42N7O4S+. The smallest absolute Gasteiger partial charge is 0.266 e. The lowest BCUT2D eigenvalue weighted by Crippen LogP contribution is -2.44. The van der Waals surface area contributed by atoms with Gasteiger partial charge in [-0.25, -0.2) is 8.42 Å². The molecule has 1 unspecified atom stereocenters. The predicted octanol–water partition coefficient (Wildman–Crippen LogP) is 4.13. The number of hydrogen-bond donors (Lipinski definition) is 4. The minimum Gasteiger partial charge on any atom is -0.492 e. The summed E-state index contributed by atoms with van der Waals surface area (Å²) in [6.45, 7) is 14.5. The average molecular weight is 597 g/mol. The van der Waals surface area contributed by atoms with Gasteiger partial charge in [-0.3, -0.25) is 9.52 Å². The molecule has 0 bridgehead atoms. The van der Waals surface area contributed by atoms with E-state index in [-0.39, 0.29) is 34.3 Å². The van der Waals surface area contributed by atoms with E-state index in [1.807, 2.05) is 53.2 Å². The second kappa shape index (κ2) is 11.0. The highest BCUT2D eigenvalue weighted by Crippen LogP contribution is 2.39. The quantitative estimate of drug-likeness (QED) is 0.302. The number of methoxy groups -OCH3 is 1. The van der Waals surface area contributed by atoms with Crippen molar-refractivity contribution in [1.29, 1.82) is 0 Å². The van der Waals surface area contributed by atoms with Crippen molar-refractivity contribution >= 4 is 33.0 Å². The summed E-state index contributed by atoms with van der Waals surface area (Å²) in [6, 6.07) is 8.93. The molecule has 3 aromatic rings. The third-order valence-corrected chi connectivity index (χ3v) is 7.78. The Labute approximate surface area is 248 Å². The summed E-state index contributed by atoms with van der Waals surface area (Å²) in [7, 11) is -0.123. The topological polar surface area (TPSA) is 132 Å². The molecule has 0 spiro atoms. The highest BCUT2D eigenvalue weighted by molar-refractivity contribution is 7.92. The van der Waals surface area contributed by atoms with E-state index in [2.05, 4.69) is 51.3 Å². The third kappa shape index (κ3) is 6.53. The molecule has 12 heteroatoms. The van der Waals surface area contributed by atoms with E-state index in [9.17, 15) is 13.2 Å². The van der Waals surface area contributed by atoms with Gasteiger partial charge in [0.15, 0.2) is 17.6 Å². The molecule has 0 fully saturated rings. The lowest BCUT2D eigenvalue weighted by atomic mass is 9.86. The zero-order valence-electron chi connectivity index (χ0n) is 26.0. The number of aromatic nitrogens is 3. The maximum atomic E-state index is 13.6. The monoisotopic (exact) mass is 596 g/mol. The Morgan fingerprint density at radius 2 is 1.76 bits per heavy atom. The van der Waals surface area contributed by atoms with Gasteiger partial charge in [-0.05, 0) is 41.7 Å². The van der Waals surface area contributed by atoms with Crippen LogP contribution in [0.3, 0.4) is 0 Å². The van der Waals surface area contributed by atoms with Crippen LogP contribution in [-0.4, -0.2) is 56.1 Å². The molecule has 0 saturated carbocycles. The minimum atomic E-state index is -3.59. The summed E-state index contributed by atoms with van der Waals surface area (Å²) < 4.78 is 34.0. The zero-order chi connectivity index (χ0) is 31.2. The van der Waals surface area contributed by atoms with E-state index in [0.717, 1.165) is 34.5 Å². The van der Waals surface area contributed by atoms with Crippen molar-refractivity contribution in [2.45, 2.75) is 60.0 Å². The Balaban J connectivity index is 1.66. The number of anilines is 2. The molecule has 1 aliphatic rings. The van der Waals surface area contributed by atoms with Crippen molar-refractivity contribution < 1.29 is 22.6 Å². The third-order valence-electron chi connectivity index (χ3n) is 7.19. The Hall–Kier alpha value is -4.06. The van der Waals surface area contributed by atoms with Gasteiger partial charge in [-0.2, -0.15) is 0 Å². The molecule has 0 radical (unpaired) electrons. The largest absolute Gasteiger partial charge is 0.492 e. The van der Waals surface area contributed by atoms with Gasteiger partial charge in [-0.1, -0.05) is 52.8 Å². The first kappa shape index (κ1) is 30.9. The molecular weight excluding hydrogens is 554 g/mol. The van der Waals surface area contributed by atoms with Gasteiger partial charge in [0.2, 0.25) is 10.0 Å². The standard InChI is InChI=1S/C30H41N7O4S/c1-18-11-12-19(13-24(18)37-17-23(33-35-37)25-16-31-28(36(25)8)30(5,6)7)27(38)32-21-14-20(29(2,3)4)15-22(26(21)41-9)34-42(10,39)40/h11-17,28,31,34H,1-10H3,(H,32,38)/p+1. The minimum absolute atomic E-state index is 0.0221. The SMILES string of the molecule is COc1c(NC(=O)c2ccc(C)c(-[n+]3cc(C4=CNC(C(C)(C)C)N4C)n[nH]3)c2)cc(C(C)(C)C)cc1NS(C)(=O)=O. The van der Waals surface area contributed by atoms with Gasteiger partial charge in [0, 0.05) is 35.4 Å². The van der Waals surface area contributed by atoms with Crippen LogP contribution in [0.4, 0.5) is 11.4 Å². The maximum Gasteiger partial charge on any atom is 0.266 e. The van der Waals surface area contributed by atoms with Crippen LogP contribution in [0.25, 0.3) is 11.4 Å². The van der Waals surface area contributed by atoms with Crippen LogP contribution in [0, 0.1) is 12.3 Å². The molecule has 4 rings (SSSR count). The van der Waals surface area contributed by atoms with E-state index in [0.29, 0.717) is 11.3 Å². The first-order chi connectivity index (χ1) is 19.4. The highest BCUT2D eigenvalue weighted by Gasteiger charge is 2.36. The number of aromatic amines is 1. The molecule has 11 nitrogen and oxygen atoms in total. The van der Waals surface area contributed by atoms with Gasteiger partial charge >= 0.3 is 0 Å². The Kier molecular flexibility index (Phi) is 8.07. The molecule has 2 aromatic carbocycles. The van der Waals surface area contributed by atoms with Crippen LogP contribution >= 0.6 is 0 Å². The second-order valence-corrected chi connectivity index (χ2v) is 14.6. The average Bonchev–Trinajstić information content (AvgIpc) is 3.49. The Morgan fingerprint density at radius 1 is 1.10 bits per heavy atom. The number of benzene rings is 2. The summed E-state index contributed by atoms with van der Waals surface area (Å²) >= 11 is 0. The number of hydrogen-bond acceptors (Lipinski definition) is 7. The zero-order valence-corrected chi connectivity index (χ0v) is 26.8. The fraction of sp³-hybridized carbons (Fsp3) is 0.433. The highest BCUT2D eigenvalue weighted by atomic mass is 32.2. The molecule has 226 valence electrons. The second-order valence-electron chi connectivity index (χ2n) is 12.9. The molecule has 4 N–H and O–H groups in total. The number of H-pyrrole nitrogens is 1. The number of ether oxygens (including phenoxy) is 1. The van der Waals surface area contributed by atoms with E-state index < -0.39 is 10.0 Å². The van der Waals surface area contributed by atoms with Gasteiger partial charge in [-0.15, -0.1) is 4.68 Å². The van der Waals surface area contributed by atoms with Gasteiger partial charge in [0.1, 0.15) is 11.9 Å². The van der Waals surface area contributed by atoms with Crippen molar-refractivity contribution in [2.75, 3.05) is 30.5 Å². The van der Waals surface area contributed by atoms with Crippen LogP contribution in [-0.2, 0) is 15.4 Å². The number of nitrogens with zero attached hydrogens (tertiary/aromatic N) is 3. The molecule has 42 heavy (non-hydrogen) atoms. The van der Waals surface area contributed by atoms with Gasteiger partial charge < -0.3 is 20.3 Å². The van der Waals surface area contributed by atoms with E-state index in [1.165, 1.54) is 7.11 Å². The molecule has 2 heterocycles. The summed E-state index contributed by atoms with van der Waals surface area (Å²) in [5.74, 6) is -0.153. The fourth-order valence-electron chi connectivity index (χ4n) is 4.99. The first-order valence-corrected chi connectivity index (χ1v) is 15.6. The van der Waals surface area contributed by atoms with Crippen molar-refractivity contribution in [2.24, 2.45) is 5.41 Å². The molecule has 1 aliphatic heterocycles. The molecule has 1 aromatic heterocycles. The Bertz CT molecular complexity index is 1650. The number of sulfonamides is 1.